The van der Waals surface area contributed by atoms with Crippen molar-refractivity contribution in [2.45, 2.75) is 6.92 Å². The van der Waals surface area contributed by atoms with Crippen LogP contribution in [0.1, 0.15) is 16.1 Å². The highest BCUT2D eigenvalue weighted by atomic mass is 35.5. The molecule has 0 spiro atoms. The van der Waals surface area contributed by atoms with Crippen molar-refractivity contribution in [2.24, 2.45) is 0 Å². The number of carbonyl (C=O) groups excluding carboxylic acids is 1. The number of pyridine rings is 1. The van der Waals surface area contributed by atoms with Crippen LogP contribution in [0, 0.1) is 12.7 Å². The molecule has 98 valence electrons. The molecule has 2 rings (SSSR count). The summed E-state index contributed by atoms with van der Waals surface area (Å²) in [4.78, 5) is 15.9. The number of halogens is 3. The summed E-state index contributed by atoms with van der Waals surface area (Å²) >= 11 is 11.3. The number of aromatic nitrogens is 1. The number of benzene rings is 1. The maximum Gasteiger partial charge on any atom is 0.255 e. The topological polar surface area (TPSA) is 42.0 Å². The first-order valence-corrected chi connectivity index (χ1v) is 6.12. The van der Waals surface area contributed by atoms with E-state index in [9.17, 15) is 9.18 Å². The van der Waals surface area contributed by atoms with Crippen molar-refractivity contribution in [3.63, 3.8) is 0 Å². The molecule has 0 aliphatic rings. The third kappa shape index (κ3) is 3.43. The van der Waals surface area contributed by atoms with Crippen LogP contribution in [-0.2, 0) is 0 Å². The van der Waals surface area contributed by atoms with Crippen molar-refractivity contribution in [1.82, 2.24) is 4.98 Å². The molecule has 1 amide bonds. The van der Waals surface area contributed by atoms with E-state index >= 15 is 0 Å². The number of hydrogen-bond donors (Lipinski definition) is 1. The van der Waals surface area contributed by atoms with Gasteiger partial charge in [0.15, 0.2) is 0 Å². The quantitative estimate of drug-likeness (QED) is 0.849. The number of nitrogens with one attached hydrogen (secondary N) is 1. The molecular weight excluding hydrogens is 290 g/mol. The molecule has 1 aromatic heterocycles. The van der Waals surface area contributed by atoms with E-state index in [0.717, 1.165) is 6.07 Å². The van der Waals surface area contributed by atoms with E-state index in [1.807, 2.05) is 0 Å². The smallest absolute Gasteiger partial charge is 0.255 e. The van der Waals surface area contributed by atoms with E-state index < -0.39 is 11.7 Å². The lowest BCUT2D eigenvalue weighted by Gasteiger charge is -2.07. The molecule has 0 saturated carbocycles. The van der Waals surface area contributed by atoms with Crippen LogP contribution in [0.25, 0.3) is 0 Å². The predicted molar refractivity (Wildman–Crippen MR) is 73.3 cm³/mol. The Morgan fingerprint density at radius 2 is 2.00 bits per heavy atom. The summed E-state index contributed by atoms with van der Waals surface area (Å²) in [6.45, 7) is 1.73. The maximum atomic E-state index is 13.2. The van der Waals surface area contributed by atoms with Gasteiger partial charge in [0.1, 0.15) is 11.0 Å². The van der Waals surface area contributed by atoms with Gasteiger partial charge in [-0.15, -0.1) is 0 Å². The molecule has 0 unspecified atom stereocenters. The minimum atomic E-state index is -0.594. The minimum Gasteiger partial charge on any atom is -0.322 e. The molecule has 1 N–H and O–H groups in total. The van der Waals surface area contributed by atoms with Gasteiger partial charge < -0.3 is 5.32 Å². The second kappa shape index (κ2) is 5.55. The van der Waals surface area contributed by atoms with Gasteiger partial charge in [-0.1, -0.05) is 23.2 Å². The second-order valence-corrected chi connectivity index (χ2v) is 4.70. The zero-order chi connectivity index (χ0) is 14.0. The molecule has 0 bridgehead atoms. The summed E-state index contributed by atoms with van der Waals surface area (Å²) in [5.74, 6) is -0.988. The predicted octanol–water partition coefficient (Wildman–Crippen LogP) is 4.09. The average Bonchev–Trinajstić information content (AvgIpc) is 2.32. The third-order valence-electron chi connectivity index (χ3n) is 2.36. The Morgan fingerprint density at radius 3 is 2.63 bits per heavy atom. The van der Waals surface area contributed by atoms with Crippen molar-refractivity contribution >= 4 is 34.8 Å². The zero-order valence-corrected chi connectivity index (χ0v) is 11.4. The van der Waals surface area contributed by atoms with Gasteiger partial charge in [-0.3, -0.25) is 4.79 Å². The van der Waals surface area contributed by atoms with Crippen LogP contribution in [0.3, 0.4) is 0 Å². The molecule has 19 heavy (non-hydrogen) atoms. The van der Waals surface area contributed by atoms with Crippen LogP contribution in [0.2, 0.25) is 10.2 Å². The number of amides is 1. The number of rotatable bonds is 2. The van der Waals surface area contributed by atoms with E-state index in [2.05, 4.69) is 10.3 Å². The molecule has 0 aliphatic carbocycles. The van der Waals surface area contributed by atoms with Gasteiger partial charge in [-0.2, -0.15) is 0 Å². The van der Waals surface area contributed by atoms with Crippen LogP contribution in [0.15, 0.2) is 30.3 Å². The van der Waals surface area contributed by atoms with E-state index in [1.165, 1.54) is 18.2 Å². The SMILES string of the molecule is Cc1cc(C(=O)Nc2ccc(Cl)c(F)c2)cc(Cl)n1. The Labute approximate surface area is 119 Å². The zero-order valence-electron chi connectivity index (χ0n) is 9.88. The molecule has 2 aromatic rings. The van der Waals surface area contributed by atoms with Gasteiger partial charge >= 0.3 is 0 Å². The molecule has 1 heterocycles. The third-order valence-corrected chi connectivity index (χ3v) is 2.86. The Hall–Kier alpha value is -1.65. The van der Waals surface area contributed by atoms with Crippen molar-refractivity contribution in [1.29, 1.82) is 0 Å². The Bertz CT molecular complexity index is 626. The average molecular weight is 299 g/mol. The van der Waals surface area contributed by atoms with Gasteiger partial charge in [0.25, 0.3) is 5.91 Å². The first-order chi connectivity index (χ1) is 8.95. The fraction of sp³-hybridized carbons (Fsp3) is 0.0769. The van der Waals surface area contributed by atoms with Crippen LogP contribution in [0.5, 0.6) is 0 Å². The first-order valence-electron chi connectivity index (χ1n) is 5.36. The number of carbonyl (C=O) groups is 1. The van der Waals surface area contributed by atoms with Gasteiger partial charge in [-0.25, -0.2) is 9.37 Å². The molecule has 0 radical (unpaired) electrons. The first kappa shape index (κ1) is 13.8. The lowest BCUT2D eigenvalue weighted by molar-refractivity contribution is 0.102. The Morgan fingerprint density at radius 1 is 1.26 bits per heavy atom. The molecule has 0 atom stereocenters. The highest BCUT2D eigenvalue weighted by Gasteiger charge is 2.09. The molecule has 1 aromatic carbocycles. The summed E-state index contributed by atoms with van der Waals surface area (Å²) in [5.41, 5.74) is 1.30. The van der Waals surface area contributed by atoms with Crippen molar-refractivity contribution in [3.8, 4) is 0 Å². The lowest BCUT2D eigenvalue weighted by Crippen LogP contribution is -2.12. The number of aryl methyl sites for hydroxylation is 1. The minimum absolute atomic E-state index is 0.000740. The van der Waals surface area contributed by atoms with E-state index in [0.29, 0.717) is 16.9 Å². The lowest BCUT2D eigenvalue weighted by atomic mass is 10.2. The van der Waals surface area contributed by atoms with Crippen LogP contribution < -0.4 is 5.32 Å². The summed E-state index contributed by atoms with van der Waals surface area (Å²) < 4.78 is 13.2. The fourth-order valence-electron chi connectivity index (χ4n) is 1.54. The number of nitrogens with zero attached hydrogens (tertiary/aromatic N) is 1. The Balaban J connectivity index is 2.22. The maximum absolute atomic E-state index is 13.2. The molecule has 0 aliphatic heterocycles. The highest BCUT2D eigenvalue weighted by Crippen LogP contribution is 2.19. The molecule has 0 saturated heterocycles. The van der Waals surface area contributed by atoms with Crippen LogP contribution in [0.4, 0.5) is 10.1 Å². The Kier molecular flexibility index (Phi) is 4.02. The summed E-state index contributed by atoms with van der Waals surface area (Å²) in [6.07, 6.45) is 0. The summed E-state index contributed by atoms with van der Waals surface area (Å²) in [5, 5.41) is 2.79. The largest absolute Gasteiger partial charge is 0.322 e. The monoisotopic (exact) mass is 298 g/mol. The number of hydrogen-bond acceptors (Lipinski definition) is 2. The van der Waals surface area contributed by atoms with Crippen molar-refractivity contribution < 1.29 is 9.18 Å². The van der Waals surface area contributed by atoms with Crippen molar-refractivity contribution in [3.05, 3.63) is 57.6 Å². The van der Waals surface area contributed by atoms with Crippen molar-refractivity contribution in [2.75, 3.05) is 5.32 Å². The molecule has 0 fully saturated rings. The summed E-state index contributed by atoms with van der Waals surface area (Å²) in [6, 6.07) is 7.07. The standard InChI is InChI=1S/C13H9Cl2FN2O/c1-7-4-8(5-12(15)17-7)13(19)18-9-2-3-10(14)11(16)6-9/h2-6H,1H3,(H,18,19). The van der Waals surface area contributed by atoms with Gasteiger partial charge in [0.05, 0.1) is 5.02 Å². The fourth-order valence-corrected chi connectivity index (χ4v) is 1.90. The van der Waals surface area contributed by atoms with Gasteiger partial charge in [0, 0.05) is 16.9 Å². The van der Waals surface area contributed by atoms with Crippen LogP contribution >= 0.6 is 23.2 Å². The van der Waals surface area contributed by atoms with Gasteiger partial charge in [-0.05, 0) is 37.3 Å². The number of anilines is 1. The molecule has 6 heteroatoms. The van der Waals surface area contributed by atoms with Gasteiger partial charge in [0.2, 0.25) is 0 Å². The second-order valence-electron chi connectivity index (χ2n) is 3.90. The molecular formula is C13H9Cl2FN2O. The van der Waals surface area contributed by atoms with E-state index in [4.69, 9.17) is 23.2 Å². The normalized spacial score (nSPS) is 10.3. The van der Waals surface area contributed by atoms with E-state index in [1.54, 1.807) is 13.0 Å². The van der Waals surface area contributed by atoms with Crippen LogP contribution in [-0.4, -0.2) is 10.9 Å². The molecule has 3 nitrogen and oxygen atoms in total. The summed E-state index contributed by atoms with van der Waals surface area (Å²) in [7, 11) is 0. The highest BCUT2D eigenvalue weighted by molar-refractivity contribution is 6.31. The van der Waals surface area contributed by atoms with E-state index in [-0.39, 0.29) is 10.2 Å².